The number of hydrogen-bond donors (Lipinski definition) is 2. The topological polar surface area (TPSA) is 129 Å². The molecule has 0 spiro atoms. The molecule has 0 aliphatic carbocycles. The minimum absolute atomic E-state index is 0.169. The van der Waals surface area contributed by atoms with Crippen LogP contribution in [0.25, 0.3) is 11.4 Å². The molecule has 1 aromatic carbocycles. The number of primary amides is 1. The van der Waals surface area contributed by atoms with Crippen LogP contribution in [0.4, 0.5) is 5.82 Å². The highest BCUT2D eigenvalue weighted by Crippen LogP contribution is 2.22. The molecule has 3 heterocycles. The van der Waals surface area contributed by atoms with Crippen molar-refractivity contribution in [3.63, 3.8) is 0 Å². The maximum absolute atomic E-state index is 12.5. The summed E-state index contributed by atoms with van der Waals surface area (Å²) in [5.41, 5.74) is 7.85. The molecule has 8 nitrogen and oxygen atoms in total. The molecule has 0 unspecified atom stereocenters. The van der Waals surface area contributed by atoms with E-state index in [0.717, 1.165) is 0 Å². The van der Waals surface area contributed by atoms with Gasteiger partial charge in [-0.3, -0.25) is 9.59 Å². The number of anilines is 1. The first kappa shape index (κ1) is 17.4. The summed E-state index contributed by atoms with van der Waals surface area (Å²) in [6.45, 7) is 1.04. The minimum atomic E-state index is -0.513. The van der Waals surface area contributed by atoms with Gasteiger partial charge in [0.05, 0.1) is 12.2 Å². The van der Waals surface area contributed by atoms with E-state index in [9.17, 15) is 9.59 Å². The summed E-state index contributed by atoms with van der Waals surface area (Å²) in [6, 6.07) is 13.9. The zero-order valence-corrected chi connectivity index (χ0v) is 14.8. The highest BCUT2D eigenvalue weighted by atomic mass is 16.1. The van der Waals surface area contributed by atoms with Crippen LogP contribution in [0.15, 0.2) is 47.3 Å². The monoisotopic (exact) mass is 372 g/mol. The van der Waals surface area contributed by atoms with Gasteiger partial charge in [-0.2, -0.15) is 5.26 Å². The van der Waals surface area contributed by atoms with Gasteiger partial charge in [0.25, 0.3) is 5.56 Å². The maximum Gasteiger partial charge on any atom is 0.254 e. The number of nitrogens with one attached hydrogen (secondary N) is 1. The minimum Gasteiger partial charge on any atom is -0.366 e. The predicted octanol–water partition coefficient (Wildman–Crippen LogP) is 1.37. The number of pyridine rings is 1. The van der Waals surface area contributed by atoms with Crippen molar-refractivity contribution in [1.29, 1.82) is 5.26 Å². The Morgan fingerprint density at radius 3 is 2.68 bits per heavy atom. The smallest absolute Gasteiger partial charge is 0.254 e. The lowest BCUT2D eigenvalue weighted by molar-refractivity contribution is 0.100. The number of fused-ring (bicyclic) bond motifs is 1. The molecule has 138 valence electrons. The predicted molar refractivity (Wildman–Crippen MR) is 103 cm³/mol. The molecule has 0 radical (unpaired) electrons. The lowest BCUT2D eigenvalue weighted by atomic mass is 10.1. The van der Waals surface area contributed by atoms with Crippen LogP contribution in [0.3, 0.4) is 0 Å². The third kappa shape index (κ3) is 3.21. The molecule has 0 saturated heterocycles. The van der Waals surface area contributed by atoms with Gasteiger partial charge in [0.2, 0.25) is 5.91 Å². The fraction of sp³-hybridized carbons (Fsp3) is 0.150. The summed E-state index contributed by atoms with van der Waals surface area (Å²) in [6.07, 6.45) is 0.539. The third-order valence-electron chi connectivity index (χ3n) is 4.69. The van der Waals surface area contributed by atoms with Gasteiger partial charge in [-0.25, -0.2) is 9.97 Å². The largest absolute Gasteiger partial charge is 0.366 e. The molecule has 28 heavy (non-hydrogen) atoms. The van der Waals surface area contributed by atoms with Gasteiger partial charge >= 0.3 is 0 Å². The maximum atomic E-state index is 12.5. The van der Waals surface area contributed by atoms with E-state index in [1.54, 1.807) is 36.4 Å². The number of carbonyl (C=O) groups is 1. The lowest BCUT2D eigenvalue weighted by Crippen LogP contribution is -2.35. The molecule has 0 atom stereocenters. The molecular formula is C20H16N6O2. The number of aromatic amines is 1. The number of amides is 1. The van der Waals surface area contributed by atoms with E-state index in [4.69, 9.17) is 11.0 Å². The van der Waals surface area contributed by atoms with Crippen LogP contribution in [0, 0.1) is 11.3 Å². The van der Waals surface area contributed by atoms with E-state index in [1.165, 1.54) is 0 Å². The van der Waals surface area contributed by atoms with E-state index in [1.807, 2.05) is 17.0 Å². The zero-order valence-electron chi connectivity index (χ0n) is 14.8. The van der Waals surface area contributed by atoms with Gasteiger partial charge in [-0.1, -0.05) is 18.2 Å². The Morgan fingerprint density at radius 2 is 1.96 bits per heavy atom. The van der Waals surface area contributed by atoms with Crippen molar-refractivity contribution in [2.75, 3.05) is 11.4 Å². The second-order valence-corrected chi connectivity index (χ2v) is 6.45. The second kappa shape index (κ2) is 6.96. The molecule has 0 bridgehead atoms. The SMILES string of the molecule is N#Cc1cccc(N2CCc3c(nc(-c4ccc(C(N)=O)cc4)[nH]c3=O)C2)n1. The summed E-state index contributed by atoms with van der Waals surface area (Å²) in [5, 5.41) is 9.05. The summed E-state index contributed by atoms with van der Waals surface area (Å²) >= 11 is 0. The highest BCUT2D eigenvalue weighted by molar-refractivity contribution is 5.93. The number of nitrogens with two attached hydrogens (primary N) is 1. The number of benzene rings is 1. The number of hydrogen-bond acceptors (Lipinski definition) is 6. The van der Waals surface area contributed by atoms with Crippen LogP contribution in [0.2, 0.25) is 0 Å². The van der Waals surface area contributed by atoms with Crippen molar-refractivity contribution >= 4 is 11.7 Å². The van der Waals surface area contributed by atoms with Crippen LogP contribution >= 0.6 is 0 Å². The number of nitrogens with zero attached hydrogens (tertiary/aromatic N) is 4. The Kier molecular flexibility index (Phi) is 4.33. The molecule has 1 aliphatic rings. The number of aromatic nitrogens is 3. The summed E-state index contributed by atoms with van der Waals surface area (Å²) in [5.74, 6) is 0.598. The zero-order chi connectivity index (χ0) is 19.7. The molecule has 1 aliphatic heterocycles. The molecule has 2 aromatic heterocycles. The van der Waals surface area contributed by atoms with E-state index < -0.39 is 5.91 Å². The van der Waals surface area contributed by atoms with Gasteiger partial charge in [-0.05, 0) is 30.7 Å². The first-order chi connectivity index (χ1) is 13.5. The molecule has 8 heteroatoms. The van der Waals surface area contributed by atoms with Crippen molar-refractivity contribution in [3.05, 3.63) is 75.3 Å². The fourth-order valence-electron chi connectivity index (χ4n) is 3.23. The molecule has 4 rings (SSSR count). The number of nitriles is 1. The van der Waals surface area contributed by atoms with Crippen molar-refractivity contribution in [3.8, 4) is 17.5 Å². The summed E-state index contributed by atoms with van der Waals surface area (Å²) in [7, 11) is 0. The number of rotatable bonds is 3. The van der Waals surface area contributed by atoms with Crippen LogP contribution < -0.4 is 16.2 Å². The van der Waals surface area contributed by atoms with Crippen molar-refractivity contribution in [1.82, 2.24) is 15.0 Å². The first-order valence-corrected chi connectivity index (χ1v) is 8.69. The van der Waals surface area contributed by atoms with E-state index in [-0.39, 0.29) is 5.56 Å². The Hall–Kier alpha value is -3.99. The number of H-pyrrole nitrogens is 1. The van der Waals surface area contributed by atoms with E-state index in [0.29, 0.717) is 59.2 Å². The molecule has 0 saturated carbocycles. The van der Waals surface area contributed by atoms with Crippen molar-refractivity contribution in [2.24, 2.45) is 5.73 Å². The third-order valence-corrected chi connectivity index (χ3v) is 4.69. The average Bonchev–Trinajstić information content (AvgIpc) is 2.73. The molecule has 0 fully saturated rings. The van der Waals surface area contributed by atoms with Gasteiger partial charge in [-0.15, -0.1) is 0 Å². The van der Waals surface area contributed by atoms with Crippen LogP contribution in [0.5, 0.6) is 0 Å². The Labute approximate surface area is 160 Å². The first-order valence-electron chi connectivity index (χ1n) is 8.69. The second-order valence-electron chi connectivity index (χ2n) is 6.45. The van der Waals surface area contributed by atoms with E-state index in [2.05, 4.69) is 15.0 Å². The standard InChI is InChI=1S/C20H16N6O2/c21-10-14-2-1-3-17(23-14)26-9-8-15-16(11-26)24-19(25-20(15)28)13-6-4-12(5-7-13)18(22)27/h1-7H,8-9,11H2,(H2,22,27)(H,24,25,28). The van der Waals surface area contributed by atoms with Crippen LogP contribution in [-0.2, 0) is 13.0 Å². The van der Waals surface area contributed by atoms with Gasteiger partial charge < -0.3 is 15.6 Å². The molecule has 1 amide bonds. The Morgan fingerprint density at radius 1 is 1.18 bits per heavy atom. The molecular weight excluding hydrogens is 356 g/mol. The van der Waals surface area contributed by atoms with Crippen molar-refractivity contribution in [2.45, 2.75) is 13.0 Å². The normalized spacial score (nSPS) is 12.9. The molecule has 3 aromatic rings. The Balaban J connectivity index is 1.68. The van der Waals surface area contributed by atoms with Gasteiger partial charge in [0.15, 0.2) is 0 Å². The van der Waals surface area contributed by atoms with E-state index >= 15 is 0 Å². The van der Waals surface area contributed by atoms with Gasteiger partial charge in [0.1, 0.15) is 23.4 Å². The molecule has 3 N–H and O–H groups in total. The van der Waals surface area contributed by atoms with Crippen LogP contribution in [0.1, 0.15) is 27.3 Å². The highest BCUT2D eigenvalue weighted by Gasteiger charge is 2.22. The Bertz CT molecular complexity index is 1160. The fourth-order valence-corrected chi connectivity index (χ4v) is 3.23. The van der Waals surface area contributed by atoms with Crippen molar-refractivity contribution < 1.29 is 4.79 Å². The average molecular weight is 372 g/mol. The lowest BCUT2D eigenvalue weighted by Gasteiger charge is -2.28. The summed E-state index contributed by atoms with van der Waals surface area (Å²) < 4.78 is 0. The summed E-state index contributed by atoms with van der Waals surface area (Å²) in [4.78, 5) is 37.5. The van der Waals surface area contributed by atoms with Gasteiger partial charge in [0, 0.05) is 23.2 Å². The number of carbonyl (C=O) groups excluding carboxylic acids is 1. The quantitative estimate of drug-likeness (QED) is 0.714. The van der Waals surface area contributed by atoms with Crippen LogP contribution in [-0.4, -0.2) is 27.4 Å².